The Bertz CT molecular complexity index is 464. The Morgan fingerprint density at radius 1 is 1.22 bits per heavy atom. The molecule has 1 N–H and O–H groups in total. The van der Waals surface area contributed by atoms with Gasteiger partial charge in [-0.1, -0.05) is 12.1 Å². The standard InChI is InChI=1S/C18H29NO4/c1-5-6-7-16(20)14-19(10-11-21-2)13-15-8-9-17(22-3)18(12-15)23-4/h5,8-9,12,16,20H,1,6-7,10-11,13-14H2,2-4H3/t16-/m0/s1. The van der Waals surface area contributed by atoms with Crippen LogP contribution in [0.2, 0.25) is 0 Å². The molecule has 0 aliphatic carbocycles. The fourth-order valence-corrected chi connectivity index (χ4v) is 2.39. The van der Waals surface area contributed by atoms with Gasteiger partial charge in [0.25, 0.3) is 0 Å². The van der Waals surface area contributed by atoms with Crippen molar-refractivity contribution in [2.24, 2.45) is 0 Å². The molecule has 0 fully saturated rings. The third-order valence-corrected chi connectivity index (χ3v) is 3.64. The number of aliphatic hydroxyl groups is 1. The highest BCUT2D eigenvalue weighted by Gasteiger charge is 2.13. The average Bonchev–Trinajstić information content (AvgIpc) is 2.57. The number of allylic oxidation sites excluding steroid dienone is 1. The molecule has 1 aromatic rings. The number of benzene rings is 1. The fraction of sp³-hybridized carbons (Fsp3) is 0.556. The van der Waals surface area contributed by atoms with Gasteiger partial charge in [0.2, 0.25) is 0 Å². The van der Waals surface area contributed by atoms with Crippen molar-refractivity contribution >= 4 is 0 Å². The van der Waals surface area contributed by atoms with Crippen LogP contribution in [0.25, 0.3) is 0 Å². The molecular weight excluding hydrogens is 294 g/mol. The number of ether oxygens (including phenoxy) is 3. The third kappa shape index (κ3) is 7.03. The molecule has 0 spiro atoms. The molecule has 0 aliphatic rings. The first-order chi connectivity index (χ1) is 11.1. The van der Waals surface area contributed by atoms with Gasteiger partial charge in [-0.3, -0.25) is 4.90 Å². The van der Waals surface area contributed by atoms with Crippen molar-refractivity contribution in [3.63, 3.8) is 0 Å². The minimum absolute atomic E-state index is 0.370. The van der Waals surface area contributed by atoms with Crippen LogP contribution in [-0.2, 0) is 11.3 Å². The summed E-state index contributed by atoms with van der Waals surface area (Å²) in [7, 11) is 4.93. The zero-order valence-electron chi connectivity index (χ0n) is 14.5. The molecule has 5 heteroatoms. The van der Waals surface area contributed by atoms with Gasteiger partial charge in [0.1, 0.15) is 0 Å². The van der Waals surface area contributed by atoms with E-state index in [1.807, 2.05) is 24.3 Å². The topological polar surface area (TPSA) is 51.2 Å². The van der Waals surface area contributed by atoms with Gasteiger partial charge in [0.15, 0.2) is 11.5 Å². The molecular formula is C18H29NO4. The maximum absolute atomic E-state index is 10.1. The van der Waals surface area contributed by atoms with E-state index in [1.54, 1.807) is 21.3 Å². The van der Waals surface area contributed by atoms with Crippen molar-refractivity contribution < 1.29 is 19.3 Å². The number of methoxy groups -OCH3 is 3. The lowest BCUT2D eigenvalue weighted by molar-refractivity contribution is 0.0809. The molecule has 0 aliphatic heterocycles. The van der Waals surface area contributed by atoms with E-state index >= 15 is 0 Å². The number of aliphatic hydroxyl groups excluding tert-OH is 1. The predicted octanol–water partition coefficient (Wildman–Crippen LogP) is 2.48. The summed E-state index contributed by atoms with van der Waals surface area (Å²) in [5, 5.41) is 10.1. The summed E-state index contributed by atoms with van der Waals surface area (Å²) in [6, 6.07) is 5.88. The maximum Gasteiger partial charge on any atom is 0.161 e. The Morgan fingerprint density at radius 2 is 1.96 bits per heavy atom. The van der Waals surface area contributed by atoms with Crippen LogP contribution in [0, 0.1) is 0 Å². The second-order valence-corrected chi connectivity index (χ2v) is 5.44. The lowest BCUT2D eigenvalue weighted by Crippen LogP contribution is -2.34. The molecule has 0 unspecified atom stereocenters. The van der Waals surface area contributed by atoms with Crippen molar-refractivity contribution in [1.82, 2.24) is 4.90 Å². The zero-order valence-corrected chi connectivity index (χ0v) is 14.5. The van der Waals surface area contributed by atoms with Gasteiger partial charge in [0, 0.05) is 26.7 Å². The van der Waals surface area contributed by atoms with Gasteiger partial charge < -0.3 is 19.3 Å². The molecule has 0 bridgehead atoms. The first kappa shape index (κ1) is 19.5. The van der Waals surface area contributed by atoms with E-state index in [0.29, 0.717) is 24.7 Å². The van der Waals surface area contributed by atoms with Crippen LogP contribution in [0.3, 0.4) is 0 Å². The van der Waals surface area contributed by atoms with Crippen LogP contribution >= 0.6 is 0 Å². The summed E-state index contributed by atoms with van der Waals surface area (Å²) in [6.45, 7) is 6.40. The first-order valence-electron chi connectivity index (χ1n) is 7.85. The van der Waals surface area contributed by atoms with E-state index < -0.39 is 0 Å². The summed E-state index contributed by atoms with van der Waals surface area (Å²) in [4.78, 5) is 2.18. The Hall–Kier alpha value is -1.56. The normalized spacial score (nSPS) is 12.2. The smallest absolute Gasteiger partial charge is 0.161 e. The van der Waals surface area contributed by atoms with Crippen LogP contribution in [0.15, 0.2) is 30.9 Å². The monoisotopic (exact) mass is 323 g/mol. The molecule has 130 valence electrons. The molecule has 1 rings (SSSR count). The molecule has 0 saturated heterocycles. The van der Waals surface area contributed by atoms with Crippen molar-refractivity contribution in [2.75, 3.05) is 41.0 Å². The van der Waals surface area contributed by atoms with Gasteiger partial charge in [-0.2, -0.15) is 0 Å². The van der Waals surface area contributed by atoms with E-state index in [4.69, 9.17) is 14.2 Å². The van der Waals surface area contributed by atoms with E-state index in [0.717, 1.165) is 31.5 Å². The van der Waals surface area contributed by atoms with Crippen molar-refractivity contribution in [3.8, 4) is 11.5 Å². The summed E-state index contributed by atoms with van der Waals surface area (Å²) < 4.78 is 15.8. The highest BCUT2D eigenvalue weighted by atomic mass is 16.5. The lowest BCUT2D eigenvalue weighted by atomic mass is 10.1. The van der Waals surface area contributed by atoms with Crippen LogP contribution < -0.4 is 9.47 Å². The summed E-state index contributed by atoms with van der Waals surface area (Å²) in [5.41, 5.74) is 1.11. The van der Waals surface area contributed by atoms with E-state index in [9.17, 15) is 5.11 Å². The van der Waals surface area contributed by atoms with Gasteiger partial charge >= 0.3 is 0 Å². The summed E-state index contributed by atoms with van der Waals surface area (Å²) in [5.74, 6) is 1.43. The van der Waals surface area contributed by atoms with Gasteiger partial charge in [-0.05, 0) is 30.5 Å². The highest BCUT2D eigenvalue weighted by molar-refractivity contribution is 5.42. The third-order valence-electron chi connectivity index (χ3n) is 3.64. The first-order valence-corrected chi connectivity index (χ1v) is 7.85. The van der Waals surface area contributed by atoms with E-state index in [-0.39, 0.29) is 6.10 Å². The second-order valence-electron chi connectivity index (χ2n) is 5.44. The van der Waals surface area contributed by atoms with Crippen molar-refractivity contribution in [3.05, 3.63) is 36.4 Å². The van der Waals surface area contributed by atoms with Crippen LogP contribution in [0.1, 0.15) is 18.4 Å². The minimum Gasteiger partial charge on any atom is -0.493 e. The molecule has 0 aromatic heterocycles. The molecule has 1 aromatic carbocycles. The fourth-order valence-electron chi connectivity index (χ4n) is 2.39. The molecule has 0 radical (unpaired) electrons. The molecule has 23 heavy (non-hydrogen) atoms. The quantitative estimate of drug-likeness (QED) is 0.599. The molecule has 0 amide bonds. The van der Waals surface area contributed by atoms with Crippen LogP contribution in [-0.4, -0.2) is 57.1 Å². The highest BCUT2D eigenvalue weighted by Crippen LogP contribution is 2.28. The molecule has 1 atom stereocenters. The Labute approximate surface area is 139 Å². The SMILES string of the molecule is C=CCC[C@H](O)CN(CCOC)Cc1ccc(OC)c(OC)c1. The van der Waals surface area contributed by atoms with Crippen LogP contribution in [0.4, 0.5) is 0 Å². The molecule has 0 saturated carbocycles. The average molecular weight is 323 g/mol. The maximum atomic E-state index is 10.1. The molecule has 5 nitrogen and oxygen atoms in total. The Morgan fingerprint density at radius 3 is 2.57 bits per heavy atom. The van der Waals surface area contributed by atoms with Gasteiger partial charge in [-0.15, -0.1) is 6.58 Å². The van der Waals surface area contributed by atoms with E-state index in [2.05, 4.69) is 11.5 Å². The lowest BCUT2D eigenvalue weighted by Gasteiger charge is -2.25. The number of hydrogen-bond donors (Lipinski definition) is 1. The van der Waals surface area contributed by atoms with Crippen LogP contribution in [0.5, 0.6) is 11.5 Å². The summed E-state index contributed by atoms with van der Waals surface area (Å²) in [6.07, 6.45) is 3.00. The van der Waals surface area contributed by atoms with Crippen molar-refractivity contribution in [1.29, 1.82) is 0 Å². The number of hydrogen-bond acceptors (Lipinski definition) is 5. The predicted molar refractivity (Wildman–Crippen MR) is 92.1 cm³/mol. The minimum atomic E-state index is -0.370. The Kier molecular flexibility index (Phi) is 9.36. The van der Waals surface area contributed by atoms with Gasteiger partial charge in [-0.25, -0.2) is 0 Å². The molecule has 0 heterocycles. The largest absolute Gasteiger partial charge is 0.493 e. The number of rotatable bonds is 12. The second kappa shape index (κ2) is 11.0. The van der Waals surface area contributed by atoms with Crippen molar-refractivity contribution in [2.45, 2.75) is 25.5 Å². The van der Waals surface area contributed by atoms with Gasteiger partial charge in [0.05, 0.1) is 26.9 Å². The Balaban J connectivity index is 2.73. The summed E-state index contributed by atoms with van der Waals surface area (Å²) >= 11 is 0. The van der Waals surface area contributed by atoms with E-state index in [1.165, 1.54) is 0 Å². The zero-order chi connectivity index (χ0) is 17.1. The number of nitrogens with zero attached hydrogens (tertiary/aromatic N) is 1.